The first-order chi connectivity index (χ1) is 14.1. The third kappa shape index (κ3) is 2.93. The van der Waals surface area contributed by atoms with Gasteiger partial charge in [0, 0.05) is 22.8 Å². The van der Waals surface area contributed by atoms with Crippen LogP contribution in [0, 0.1) is 11.3 Å². The van der Waals surface area contributed by atoms with Gasteiger partial charge in [0.25, 0.3) is 0 Å². The fourth-order valence-corrected chi connectivity index (χ4v) is 5.05. The topological polar surface area (TPSA) is 27.0 Å². The molecule has 0 heterocycles. The van der Waals surface area contributed by atoms with E-state index >= 15 is 0 Å². The molecule has 0 amide bonds. The van der Waals surface area contributed by atoms with Gasteiger partial charge in [-0.15, -0.1) is 0 Å². The lowest BCUT2D eigenvalue weighted by Gasteiger charge is -2.33. The average molecular weight is 381 g/mol. The summed E-state index contributed by atoms with van der Waals surface area (Å²) < 4.78 is 0. The first kappa shape index (κ1) is 19.3. The summed E-state index contributed by atoms with van der Waals surface area (Å²) in [5.74, 6) is 0. The van der Waals surface area contributed by atoms with Gasteiger partial charge in [-0.1, -0.05) is 44.2 Å². The normalized spacial score (nSPS) is 13.7. The van der Waals surface area contributed by atoms with Gasteiger partial charge < -0.3 is 4.90 Å². The third-order valence-electron chi connectivity index (χ3n) is 6.51. The molecule has 0 saturated carbocycles. The average Bonchev–Trinajstić information content (AvgIpc) is 3.03. The first-order valence-electron chi connectivity index (χ1n) is 10.6. The highest BCUT2D eigenvalue weighted by atomic mass is 15.2. The fraction of sp³-hybridized carbons (Fsp3) is 0.296. The van der Waals surface area contributed by atoms with Crippen LogP contribution in [0.25, 0.3) is 11.1 Å². The van der Waals surface area contributed by atoms with Crippen molar-refractivity contribution in [3.63, 3.8) is 0 Å². The van der Waals surface area contributed by atoms with Crippen LogP contribution in [0.4, 0.5) is 11.4 Å². The molecule has 0 bridgehead atoms. The Morgan fingerprint density at radius 1 is 0.828 bits per heavy atom. The monoisotopic (exact) mass is 380 g/mol. The molecule has 146 valence electrons. The minimum Gasteiger partial charge on any atom is -0.339 e. The Morgan fingerprint density at radius 2 is 1.45 bits per heavy atom. The van der Waals surface area contributed by atoms with Gasteiger partial charge in [-0.25, -0.2) is 0 Å². The Balaban J connectivity index is 1.92. The van der Waals surface area contributed by atoms with E-state index in [1.54, 1.807) is 0 Å². The van der Waals surface area contributed by atoms with E-state index in [4.69, 9.17) is 0 Å². The molecule has 0 spiro atoms. The number of benzene rings is 3. The number of para-hydroxylation sites is 1. The number of fused-ring (bicyclic) bond motifs is 3. The van der Waals surface area contributed by atoms with Crippen LogP contribution in [-0.4, -0.2) is 6.04 Å². The van der Waals surface area contributed by atoms with Crippen LogP contribution in [0.1, 0.15) is 57.2 Å². The number of nitrogens with zero attached hydrogens (tertiary/aromatic N) is 2. The second-order valence-corrected chi connectivity index (χ2v) is 8.19. The lowest BCUT2D eigenvalue weighted by molar-refractivity contribution is 0.490. The summed E-state index contributed by atoms with van der Waals surface area (Å²) in [5.41, 5.74) is 8.45. The van der Waals surface area contributed by atoms with Gasteiger partial charge in [-0.05, 0) is 85.3 Å². The van der Waals surface area contributed by atoms with E-state index in [1.165, 1.54) is 33.6 Å². The van der Waals surface area contributed by atoms with Crippen molar-refractivity contribution in [2.75, 3.05) is 4.90 Å². The predicted octanol–water partition coefficient (Wildman–Crippen LogP) is 7.19. The lowest BCUT2D eigenvalue weighted by atomic mass is 9.73. The second kappa shape index (κ2) is 7.41. The lowest BCUT2D eigenvalue weighted by Crippen LogP contribution is -2.27. The quantitative estimate of drug-likeness (QED) is 0.468. The molecule has 0 aliphatic heterocycles. The van der Waals surface area contributed by atoms with Gasteiger partial charge in [0.05, 0.1) is 11.6 Å². The number of rotatable bonds is 5. The second-order valence-electron chi connectivity index (χ2n) is 8.19. The molecule has 0 saturated heterocycles. The molecule has 1 aliphatic rings. The van der Waals surface area contributed by atoms with Gasteiger partial charge in [0.2, 0.25) is 0 Å². The fourth-order valence-electron chi connectivity index (χ4n) is 5.05. The van der Waals surface area contributed by atoms with Crippen molar-refractivity contribution in [2.45, 2.75) is 52.0 Å². The van der Waals surface area contributed by atoms with Gasteiger partial charge in [0.1, 0.15) is 0 Å². The molecule has 0 atom stereocenters. The molecule has 3 aromatic rings. The van der Waals surface area contributed by atoms with Crippen molar-refractivity contribution >= 4 is 11.4 Å². The van der Waals surface area contributed by atoms with Crippen molar-refractivity contribution in [1.29, 1.82) is 5.26 Å². The van der Waals surface area contributed by atoms with Crippen LogP contribution in [0.3, 0.4) is 0 Å². The zero-order valence-electron chi connectivity index (χ0n) is 17.7. The van der Waals surface area contributed by atoms with Crippen LogP contribution in [0.15, 0.2) is 66.7 Å². The third-order valence-corrected chi connectivity index (χ3v) is 6.51. The Labute approximate surface area is 174 Å². The minimum atomic E-state index is -0.0348. The maximum atomic E-state index is 9.45. The molecular weight excluding hydrogens is 352 g/mol. The van der Waals surface area contributed by atoms with E-state index in [-0.39, 0.29) is 5.41 Å². The first-order valence-corrected chi connectivity index (χ1v) is 10.6. The number of hydrogen-bond acceptors (Lipinski definition) is 2. The molecule has 0 N–H and O–H groups in total. The SMILES string of the molecule is CCC1(CC)c2cc(C#N)ccc2-c2ccc(N(c3ccccc3)C(C)C)cc21. The summed E-state index contributed by atoms with van der Waals surface area (Å²) in [6, 6.07) is 26.4. The molecule has 0 unspecified atom stereocenters. The highest BCUT2D eigenvalue weighted by Gasteiger charge is 2.41. The maximum absolute atomic E-state index is 9.45. The zero-order chi connectivity index (χ0) is 20.6. The van der Waals surface area contributed by atoms with Gasteiger partial charge >= 0.3 is 0 Å². The molecule has 0 fully saturated rings. The number of nitriles is 1. The number of anilines is 2. The predicted molar refractivity (Wildman–Crippen MR) is 122 cm³/mol. The molecular formula is C27H28N2. The minimum absolute atomic E-state index is 0.0348. The van der Waals surface area contributed by atoms with Crippen LogP contribution in [0.5, 0.6) is 0 Å². The van der Waals surface area contributed by atoms with E-state index in [1.807, 2.05) is 6.07 Å². The van der Waals surface area contributed by atoms with E-state index in [0.717, 1.165) is 18.4 Å². The van der Waals surface area contributed by atoms with Crippen LogP contribution in [-0.2, 0) is 5.41 Å². The van der Waals surface area contributed by atoms with Crippen molar-refractivity contribution in [3.8, 4) is 17.2 Å². The molecule has 2 nitrogen and oxygen atoms in total. The largest absolute Gasteiger partial charge is 0.339 e. The molecule has 3 aromatic carbocycles. The highest BCUT2D eigenvalue weighted by molar-refractivity contribution is 5.84. The molecule has 0 aromatic heterocycles. The Bertz CT molecular complexity index is 1070. The van der Waals surface area contributed by atoms with Crippen molar-refractivity contribution in [1.82, 2.24) is 0 Å². The Kier molecular flexibility index (Phi) is 4.92. The van der Waals surface area contributed by atoms with E-state index in [0.29, 0.717) is 6.04 Å². The van der Waals surface area contributed by atoms with E-state index in [2.05, 4.69) is 99.3 Å². The summed E-state index contributed by atoms with van der Waals surface area (Å²) in [6.07, 6.45) is 2.05. The van der Waals surface area contributed by atoms with Gasteiger partial charge in [-0.3, -0.25) is 0 Å². The van der Waals surface area contributed by atoms with E-state index < -0.39 is 0 Å². The summed E-state index contributed by atoms with van der Waals surface area (Å²) in [6.45, 7) is 9.01. The standard InChI is InChI=1S/C27H28N2/c1-5-27(6-2)25-16-20(18-28)12-14-23(25)24-15-13-22(17-26(24)27)29(19(3)4)21-10-8-7-9-11-21/h7-17,19H,5-6H2,1-4H3. The van der Waals surface area contributed by atoms with Crippen LogP contribution < -0.4 is 4.90 Å². The summed E-state index contributed by atoms with van der Waals surface area (Å²) in [7, 11) is 0. The van der Waals surface area contributed by atoms with Crippen molar-refractivity contribution < 1.29 is 0 Å². The van der Waals surface area contributed by atoms with Gasteiger partial charge in [-0.2, -0.15) is 5.26 Å². The highest BCUT2D eigenvalue weighted by Crippen LogP contribution is 2.54. The van der Waals surface area contributed by atoms with Crippen molar-refractivity contribution in [2.24, 2.45) is 0 Å². The maximum Gasteiger partial charge on any atom is 0.0991 e. The Hall–Kier alpha value is -3.05. The van der Waals surface area contributed by atoms with Gasteiger partial charge in [0.15, 0.2) is 0 Å². The van der Waals surface area contributed by atoms with Crippen LogP contribution in [0.2, 0.25) is 0 Å². The summed E-state index contributed by atoms with van der Waals surface area (Å²) in [5, 5.41) is 9.45. The zero-order valence-corrected chi connectivity index (χ0v) is 17.7. The summed E-state index contributed by atoms with van der Waals surface area (Å²) in [4.78, 5) is 2.40. The van der Waals surface area contributed by atoms with Crippen molar-refractivity contribution in [3.05, 3.63) is 83.4 Å². The molecule has 2 heteroatoms. The van der Waals surface area contributed by atoms with Crippen LogP contribution >= 0.6 is 0 Å². The Morgan fingerprint density at radius 3 is 2.03 bits per heavy atom. The molecule has 1 aliphatic carbocycles. The smallest absolute Gasteiger partial charge is 0.0991 e. The summed E-state index contributed by atoms with van der Waals surface area (Å²) >= 11 is 0. The molecule has 29 heavy (non-hydrogen) atoms. The van der Waals surface area contributed by atoms with E-state index in [9.17, 15) is 5.26 Å². The number of hydrogen-bond donors (Lipinski definition) is 0. The molecule has 4 rings (SSSR count). The molecule has 0 radical (unpaired) electrons.